The molecule has 0 amide bonds. The Hall–Kier alpha value is -2.05. The zero-order valence-electron chi connectivity index (χ0n) is 14.2. The summed E-state index contributed by atoms with van der Waals surface area (Å²) in [6, 6.07) is 12.5. The quantitative estimate of drug-likeness (QED) is 0.794. The molecule has 0 atom stereocenters. The first-order chi connectivity index (χ1) is 11.5. The molecule has 5 nitrogen and oxygen atoms in total. The van der Waals surface area contributed by atoms with Crippen LogP contribution in [0.25, 0.3) is 0 Å². The third-order valence-corrected chi connectivity index (χ3v) is 4.82. The van der Waals surface area contributed by atoms with E-state index in [0.29, 0.717) is 24.7 Å². The Kier molecular flexibility index (Phi) is 6.23. The van der Waals surface area contributed by atoms with Crippen molar-refractivity contribution in [3.8, 4) is 11.5 Å². The van der Waals surface area contributed by atoms with Crippen LogP contribution in [0, 0.1) is 6.92 Å². The molecule has 0 saturated carbocycles. The Balaban J connectivity index is 2.25. The largest absolute Gasteiger partial charge is 0.494 e. The molecule has 130 valence electrons. The molecule has 2 rings (SSSR count). The number of ether oxygens (including phenoxy) is 2. The van der Waals surface area contributed by atoms with Crippen LogP contribution >= 0.6 is 0 Å². The van der Waals surface area contributed by atoms with Gasteiger partial charge >= 0.3 is 0 Å². The van der Waals surface area contributed by atoms with Crippen LogP contribution in [0.4, 0.5) is 0 Å². The average molecular weight is 349 g/mol. The van der Waals surface area contributed by atoms with E-state index in [4.69, 9.17) is 9.47 Å². The van der Waals surface area contributed by atoms with Crippen molar-refractivity contribution in [3.05, 3.63) is 53.6 Å². The first-order valence-electron chi connectivity index (χ1n) is 7.91. The third-order valence-electron chi connectivity index (χ3n) is 3.40. The molecule has 1 N–H and O–H groups in total. The minimum absolute atomic E-state index is 0.0856. The summed E-state index contributed by atoms with van der Waals surface area (Å²) in [5, 5.41) is 0. The van der Waals surface area contributed by atoms with Crippen LogP contribution in [-0.4, -0.2) is 21.6 Å². The molecule has 0 spiro atoms. The molecule has 0 radical (unpaired) electrons. The third kappa shape index (κ3) is 4.72. The number of hydrogen-bond acceptors (Lipinski definition) is 4. The Morgan fingerprint density at radius 3 is 2.25 bits per heavy atom. The highest BCUT2D eigenvalue weighted by Crippen LogP contribution is 2.28. The van der Waals surface area contributed by atoms with Gasteiger partial charge in [-0.15, -0.1) is 0 Å². The van der Waals surface area contributed by atoms with Crippen molar-refractivity contribution < 1.29 is 17.9 Å². The summed E-state index contributed by atoms with van der Waals surface area (Å²) in [5.41, 5.74) is 2.02. The second kappa shape index (κ2) is 8.17. The first kappa shape index (κ1) is 18.3. The average Bonchev–Trinajstić information content (AvgIpc) is 2.56. The highest BCUT2D eigenvalue weighted by molar-refractivity contribution is 7.89. The summed E-state index contributed by atoms with van der Waals surface area (Å²) < 4.78 is 38.8. The standard InChI is InChI=1S/C18H23NO4S/c1-4-22-16-10-11-17(23-5-2)18(12-16)24(20,21)19-13-15-8-6-14(3)7-9-15/h6-12,19H,4-5,13H2,1-3H3. The second-order valence-corrected chi connectivity index (χ2v) is 7.02. The zero-order chi connectivity index (χ0) is 17.6. The number of sulfonamides is 1. The number of hydrogen-bond donors (Lipinski definition) is 1. The molecule has 0 saturated heterocycles. The topological polar surface area (TPSA) is 64.6 Å². The van der Waals surface area contributed by atoms with Gasteiger partial charge in [0.15, 0.2) is 0 Å². The molecule has 0 heterocycles. The minimum atomic E-state index is -3.72. The van der Waals surface area contributed by atoms with Gasteiger partial charge in [0.2, 0.25) is 10.0 Å². The van der Waals surface area contributed by atoms with Crippen LogP contribution in [0.3, 0.4) is 0 Å². The summed E-state index contributed by atoms with van der Waals surface area (Å²) in [4.78, 5) is 0.0856. The number of aryl methyl sites for hydroxylation is 1. The van der Waals surface area contributed by atoms with Gasteiger partial charge in [-0.1, -0.05) is 29.8 Å². The molecular weight excluding hydrogens is 326 g/mol. The van der Waals surface area contributed by atoms with Gasteiger partial charge in [-0.2, -0.15) is 0 Å². The van der Waals surface area contributed by atoms with Gasteiger partial charge < -0.3 is 9.47 Å². The van der Waals surface area contributed by atoms with Gasteiger partial charge in [0, 0.05) is 12.6 Å². The molecule has 0 aliphatic carbocycles. The Labute approximate surface area is 143 Å². The molecule has 0 aromatic heterocycles. The van der Waals surface area contributed by atoms with E-state index in [-0.39, 0.29) is 11.4 Å². The van der Waals surface area contributed by atoms with Crippen LogP contribution in [0.15, 0.2) is 47.4 Å². The molecule has 6 heteroatoms. The van der Waals surface area contributed by atoms with Gasteiger partial charge in [-0.25, -0.2) is 13.1 Å². The van der Waals surface area contributed by atoms with Gasteiger partial charge in [-0.05, 0) is 38.5 Å². The Morgan fingerprint density at radius 2 is 1.62 bits per heavy atom. The van der Waals surface area contributed by atoms with Crippen molar-refractivity contribution >= 4 is 10.0 Å². The first-order valence-corrected chi connectivity index (χ1v) is 9.39. The molecule has 2 aromatic carbocycles. The smallest absolute Gasteiger partial charge is 0.244 e. The highest BCUT2D eigenvalue weighted by atomic mass is 32.2. The van der Waals surface area contributed by atoms with Gasteiger partial charge in [0.1, 0.15) is 16.4 Å². The molecule has 0 aliphatic heterocycles. The van der Waals surface area contributed by atoms with Crippen molar-refractivity contribution in [2.45, 2.75) is 32.2 Å². The predicted octanol–water partition coefficient (Wildman–Crippen LogP) is 3.27. The summed E-state index contributed by atoms with van der Waals surface area (Å²) in [5.74, 6) is 0.814. The molecule has 0 bridgehead atoms. The fourth-order valence-electron chi connectivity index (χ4n) is 2.19. The van der Waals surface area contributed by atoms with Crippen LogP contribution < -0.4 is 14.2 Å². The van der Waals surface area contributed by atoms with E-state index in [1.165, 1.54) is 6.07 Å². The van der Waals surface area contributed by atoms with E-state index in [0.717, 1.165) is 11.1 Å². The van der Waals surface area contributed by atoms with E-state index in [2.05, 4.69) is 4.72 Å². The maximum absolute atomic E-state index is 12.7. The fraction of sp³-hybridized carbons (Fsp3) is 0.333. The molecule has 24 heavy (non-hydrogen) atoms. The van der Waals surface area contributed by atoms with Crippen LogP contribution in [0.5, 0.6) is 11.5 Å². The summed E-state index contributed by atoms with van der Waals surface area (Å²) in [6.45, 7) is 6.71. The van der Waals surface area contributed by atoms with E-state index in [1.54, 1.807) is 12.1 Å². The molecule has 0 aliphatic rings. The summed E-state index contributed by atoms with van der Waals surface area (Å²) >= 11 is 0. The van der Waals surface area contributed by atoms with E-state index in [9.17, 15) is 8.42 Å². The van der Waals surface area contributed by atoms with Crippen LogP contribution in [-0.2, 0) is 16.6 Å². The molecule has 2 aromatic rings. The monoisotopic (exact) mass is 349 g/mol. The zero-order valence-corrected chi connectivity index (χ0v) is 15.0. The molecule has 0 fully saturated rings. The van der Waals surface area contributed by atoms with Crippen LogP contribution in [0.1, 0.15) is 25.0 Å². The van der Waals surface area contributed by atoms with E-state index < -0.39 is 10.0 Å². The number of rotatable bonds is 8. The lowest BCUT2D eigenvalue weighted by Crippen LogP contribution is -2.24. The van der Waals surface area contributed by atoms with Crippen molar-refractivity contribution in [2.75, 3.05) is 13.2 Å². The molecular formula is C18H23NO4S. The number of benzene rings is 2. The summed E-state index contributed by atoms with van der Waals surface area (Å²) in [6.07, 6.45) is 0. The van der Waals surface area contributed by atoms with Crippen molar-refractivity contribution in [1.29, 1.82) is 0 Å². The van der Waals surface area contributed by atoms with Gasteiger partial charge in [-0.3, -0.25) is 0 Å². The van der Waals surface area contributed by atoms with Gasteiger partial charge in [0.25, 0.3) is 0 Å². The Bertz CT molecular complexity index is 770. The lowest BCUT2D eigenvalue weighted by atomic mass is 10.2. The lowest BCUT2D eigenvalue weighted by molar-refractivity contribution is 0.322. The minimum Gasteiger partial charge on any atom is -0.494 e. The normalized spacial score (nSPS) is 11.3. The fourth-order valence-corrected chi connectivity index (χ4v) is 3.37. The van der Waals surface area contributed by atoms with Crippen molar-refractivity contribution in [1.82, 2.24) is 4.72 Å². The van der Waals surface area contributed by atoms with Crippen LogP contribution in [0.2, 0.25) is 0 Å². The van der Waals surface area contributed by atoms with Gasteiger partial charge in [0.05, 0.1) is 13.2 Å². The predicted molar refractivity (Wildman–Crippen MR) is 94.0 cm³/mol. The molecule has 0 unspecified atom stereocenters. The van der Waals surface area contributed by atoms with E-state index in [1.807, 2.05) is 45.0 Å². The van der Waals surface area contributed by atoms with Crippen molar-refractivity contribution in [2.24, 2.45) is 0 Å². The SMILES string of the molecule is CCOc1ccc(OCC)c(S(=O)(=O)NCc2ccc(C)cc2)c1. The highest BCUT2D eigenvalue weighted by Gasteiger charge is 2.20. The number of nitrogens with one attached hydrogen (secondary N) is 1. The summed E-state index contributed by atoms with van der Waals surface area (Å²) in [7, 11) is -3.72. The lowest BCUT2D eigenvalue weighted by Gasteiger charge is -2.14. The maximum atomic E-state index is 12.7. The Morgan fingerprint density at radius 1 is 0.958 bits per heavy atom. The maximum Gasteiger partial charge on any atom is 0.244 e. The second-order valence-electron chi connectivity index (χ2n) is 5.28. The van der Waals surface area contributed by atoms with E-state index >= 15 is 0 Å². The van der Waals surface area contributed by atoms with Crippen molar-refractivity contribution in [3.63, 3.8) is 0 Å².